The maximum Gasteiger partial charge on any atom is 0.254 e. The molecule has 0 aromatic heterocycles. The molecular weight excluding hydrogens is 272 g/mol. The average Bonchev–Trinajstić information content (AvgIpc) is 3.40. The van der Waals surface area contributed by atoms with Crippen LogP contribution in [-0.2, 0) is 0 Å². The minimum absolute atomic E-state index is 0.0572. The Kier molecular flexibility index (Phi) is 4.25. The van der Waals surface area contributed by atoms with Crippen LogP contribution in [0.2, 0.25) is 0 Å². The predicted molar refractivity (Wildman–Crippen MR) is 89.5 cm³/mol. The molecule has 1 aliphatic rings. The van der Waals surface area contributed by atoms with Gasteiger partial charge in [0.25, 0.3) is 5.91 Å². The minimum Gasteiger partial charge on any atom is -0.337 e. The first-order valence-electron chi connectivity index (χ1n) is 7.84. The lowest BCUT2D eigenvalue weighted by atomic mass is 9.98. The molecule has 114 valence electrons. The zero-order valence-corrected chi connectivity index (χ0v) is 12.9. The van der Waals surface area contributed by atoms with Crippen molar-refractivity contribution < 1.29 is 4.79 Å². The first-order valence-corrected chi connectivity index (χ1v) is 7.84. The minimum atomic E-state index is 0.0572. The summed E-state index contributed by atoms with van der Waals surface area (Å²) >= 11 is 0. The Hall–Kier alpha value is -2.13. The molecule has 3 heteroatoms. The quantitative estimate of drug-likeness (QED) is 0.920. The number of nitrogens with zero attached hydrogens (tertiary/aromatic N) is 1. The smallest absolute Gasteiger partial charge is 0.254 e. The monoisotopic (exact) mass is 294 g/mol. The predicted octanol–water partition coefficient (Wildman–Crippen LogP) is 3.16. The number of amides is 1. The molecule has 1 aliphatic carbocycles. The zero-order valence-electron chi connectivity index (χ0n) is 12.9. The molecule has 0 aliphatic heterocycles. The first-order chi connectivity index (χ1) is 10.7. The number of rotatable bonds is 5. The maximum atomic E-state index is 12.9. The second-order valence-electron chi connectivity index (χ2n) is 5.97. The molecule has 0 bridgehead atoms. The fourth-order valence-electron chi connectivity index (χ4n) is 3.03. The summed E-state index contributed by atoms with van der Waals surface area (Å²) in [6.45, 7) is 0.528. The Labute approximate surface area is 131 Å². The van der Waals surface area contributed by atoms with Crippen LogP contribution >= 0.6 is 0 Å². The van der Waals surface area contributed by atoms with Crippen molar-refractivity contribution in [1.29, 1.82) is 0 Å². The molecule has 0 unspecified atom stereocenters. The van der Waals surface area contributed by atoms with E-state index in [1.165, 1.54) is 12.8 Å². The van der Waals surface area contributed by atoms with Crippen LogP contribution in [0.4, 0.5) is 0 Å². The lowest BCUT2D eigenvalue weighted by Gasteiger charge is -2.28. The van der Waals surface area contributed by atoms with Crippen molar-refractivity contribution in [2.45, 2.75) is 18.9 Å². The van der Waals surface area contributed by atoms with Gasteiger partial charge in [0.2, 0.25) is 0 Å². The summed E-state index contributed by atoms with van der Waals surface area (Å²) in [4.78, 5) is 14.8. The van der Waals surface area contributed by atoms with E-state index in [0.29, 0.717) is 12.5 Å². The van der Waals surface area contributed by atoms with E-state index < -0.39 is 0 Å². The third kappa shape index (κ3) is 2.90. The van der Waals surface area contributed by atoms with E-state index in [1.54, 1.807) is 0 Å². The van der Waals surface area contributed by atoms with Crippen LogP contribution in [0.15, 0.2) is 54.6 Å². The number of carbonyl (C=O) groups excluding carboxylic acids is 1. The molecule has 0 saturated heterocycles. The lowest BCUT2D eigenvalue weighted by molar-refractivity contribution is 0.0719. The summed E-state index contributed by atoms with van der Waals surface area (Å²) in [5.74, 6) is 0.629. The van der Waals surface area contributed by atoms with Crippen LogP contribution < -0.4 is 5.73 Å². The number of carbonyl (C=O) groups is 1. The number of hydrogen-bond acceptors (Lipinski definition) is 2. The van der Waals surface area contributed by atoms with E-state index >= 15 is 0 Å². The maximum absolute atomic E-state index is 12.9. The van der Waals surface area contributed by atoms with Crippen molar-refractivity contribution in [3.63, 3.8) is 0 Å². The lowest BCUT2D eigenvalue weighted by Crippen LogP contribution is -2.43. The Morgan fingerprint density at radius 3 is 2.41 bits per heavy atom. The van der Waals surface area contributed by atoms with Crippen LogP contribution in [0.3, 0.4) is 0 Å². The van der Waals surface area contributed by atoms with Crippen molar-refractivity contribution in [1.82, 2.24) is 4.90 Å². The molecule has 2 N–H and O–H groups in total. The summed E-state index contributed by atoms with van der Waals surface area (Å²) in [6.07, 6.45) is 2.36. The van der Waals surface area contributed by atoms with Crippen molar-refractivity contribution in [3.8, 4) is 11.1 Å². The first kappa shape index (κ1) is 14.8. The van der Waals surface area contributed by atoms with Gasteiger partial charge in [-0.1, -0.05) is 48.5 Å². The Balaban J connectivity index is 1.93. The molecule has 0 radical (unpaired) electrons. The van der Waals surface area contributed by atoms with Crippen LogP contribution in [-0.4, -0.2) is 30.4 Å². The molecular formula is C19H22N2O. The average molecular weight is 294 g/mol. The van der Waals surface area contributed by atoms with Gasteiger partial charge in [-0.05, 0) is 36.0 Å². The number of benzene rings is 2. The SMILES string of the molecule is CN(C(=O)c1ccccc1-c1ccccc1)[C@H](CN)C1CC1. The molecule has 3 nitrogen and oxygen atoms in total. The van der Waals surface area contributed by atoms with Crippen LogP contribution in [0.5, 0.6) is 0 Å². The van der Waals surface area contributed by atoms with Gasteiger partial charge in [0.1, 0.15) is 0 Å². The molecule has 0 heterocycles. The molecule has 1 atom stereocenters. The molecule has 22 heavy (non-hydrogen) atoms. The van der Waals surface area contributed by atoms with Crippen molar-refractivity contribution in [2.24, 2.45) is 11.7 Å². The molecule has 1 fully saturated rings. The molecule has 3 rings (SSSR count). The van der Waals surface area contributed by atoms with Crippen molar-refractivity contribution >= 4 is 5.91 Å². The van der Waals surface area contributed by atoms with E-state index in [0.717, 1.165) is 16.7 Å². The molecule has 2 aromatic carbocycles. The normalized spacial score (nSPS) is 15.4. The van der Waals surface area contributed by atoms with E-state index in [2.05, 4.69) is 0 Å². The third-order valence-corrected chi connectivity index (χ3v) is 4.47. The summed E-state index contributed by atoms with van der Waals surface area (Å²) in [6, 6.07) is 18.0. The Bertz CT molecular complexity index is 649. The largest absolute Gasteiger partial charge is 0.337 e. The van der Waals surface area contributed by atoms with Crippen molar-refractivity contribution in [2.75, 3.05) is 13.6 Å². The highest BCUT2D eigenvalue weighted by Crippen LogP contribution is 2.35. The van der Waals surface area contributed by atoms with Gasteiger partial charge in [0.15, 0.2) is 0 Å². The van der Waals surface area contributed by atoms with Crippen LogP contribution in [0.1, 0.15) is 23.2 Å². The highest BCUT2D eigenvalue weighted by atomic mass is 16.2. The Morgan fingerprint density at radius 2 is 1.77 bits per heavy atom. The van der Waals surface area contributed by atoms with E-state index in [-0.39, 0.29) is 11.9 Å². The fraction of sp³-hybridized carbons (Fsp3) is 0.316. The summed E-state index contributed by atoms with van der Waals surface area (Å²) in [5, 5.41) is 0. The van der Waals surface area contributed by atoms with Gasteiger partial charge in [-0.2, -0.15) is 0 Å². The van der Waals surface area contributed by atoms with Crippen LogP contribution in [0.25, 0.3) is 11.1 Å². The van der Waals surface area contributed by atoms with Gasteiger partial charge >= 0.3 is 0 Å². The topological polar surface area (TPSA) is 46.3 Å². The fourth-order valence-corrected chi connectivity index (χ4v) is 3.03. The van der Waals surface area contributed by atoms with Crippen LogP contribution in [0, 0.1) is 5.92 Å². The number of hydrogen-bond donors (Lipinski definition) is 1. The van der Waals surface area contributed by atoms with E-state index in [1.807, 2.05) is 66.5 Å². The van der Waals surface area contributed by atoms with E-state index in [4.69, 9.17) is 5.73 Å². The van der Waals surface area contributed by atoms with Gasteiger partial charge in [0, 0.05) is 25.2 Å². The number of nitrogens with two attached hydrogens (primary N) is 1. The zero-order chi connectivity index (χ0) is 15.5. The van der Waals surface area contributed by atoms with Gasteiger partial charge in [-0.15, -0.1) is 0 Å². The highest BCUT2D eigenvalue weighted by molar-refractivity contribution is 6.01. The standard InChI is InChI=1S/C19H22N2O/c1-21(18(13-20)15-11-12-15)19(22)17-10-6-5-9-16(17)14-7-3-2-4-8-14/h2-10,15,18H,11-13,20H2,1H3/t18-/m1/s1. The second kappa shape index (κ2) is 6.32. The molecule has 1 saturated carbocycles. The number of likely N-dealkylation sites (N-methyl/N-ethyl adjacent to an activating group) is 1. The van der Waals surface area contributed by atoms with Gasteiger partial charge in [-0.3, -0.25) is 4.79 Å². The third-order valence-electron chi connectivity index (χ3n) is 4.47. The molecule has 0 spiro atoms. The second-order valence-corrected chi connectivity index (χ2v) is 5.97. The van der Waals surface area contributed by atoms with E-state index in [9.17, 15) is 4.79 Å². The van der Waals surface area contributed by atoms with Gasteiger partial charge in [0.05, 0.1) is 0 Å². The molecule has 1 amide bonds. The highest BCUT2D eigenvalue weighted by Gasteiger charge is 2.35. The summed E-state index contributed by atoms with van der Waals surface area (Å²) in [5.41, 5.74) is 8.68. The van der Waals surface area contributed by atoms with Crippen molar-refractivity contribution in [3.05, 3.63) is 60.2 Å². The summed E-state index contributed by atoms with van der Waals surface area (Å²) < 4.78 is 0. The van der Waals surface area contributed by atoms with Gasteiger partial charge in [-0.25, -0.2) is 0 Å². The van der Waals surface area contributed by atoms with Gasteiger partial charge < -0.3 is 10.6 Å². The Morgan fingerprint density at radius 1 is 1.14 bits per heavy atom. The molecule has 2 aromatic rings. The summed E-state index contributed by atoms with van der Waals surface area (Å²) in [7, 11) is 1.87.